The standard InChI is InChI=1S/C11H8F2N2O5/c1-2-9(12)7(15-4-3-5(16)14-8(15)18)20-11(13)6(17)10(9,11)19/h1,3-4,6-7,17,19H,(H,14,16,18)/t6?,7-,9+,10+,11-/m1/s1. The summed E-state index contributed by atoms with van der Waals surface area (Å²) < 4.78 is 33.9. The molecule has 1 aromatic heterocycles. The van der Waals surface area contributed by atoms with E-state index in [0.29, 0.717) is 4.57 Å². The van der Waals surface area contributed by atoms with Crippen LogP contribution in [0.5, 0.6) is 0 Å². The Balaban J connectivity index is 2.16. The molecule has 3 N–H and O–H groups in total. The molecule has 2 aliphatic rings. The molecule has 1 aliphatic heterocycles. The molecular weight excluding hydrogens is 278 g/mol. The van der Waals surface area contributed by atoms with Crippen LogP contribution in [-0.4, -0.2) is 43.0 Å². The van der Waals surface area contributed by atoms with E-state index in [1.807, 2.05) is 4.98 Å². The summed E-state index contributed by atoms with van der Waals surface area (Å²) in [7, 11) is 0. The predicted octanol–water partition coefficient (Wildman–Crippen LogP) is -1.82. The number of nitrogens with one attached hydrogen (secondary N) is 1. The average Bonchev–Trinajstić information content (AvgIpc) is 2.74. The number of halogens is 2. The van der Waals surface area contributed by atoms with Crippen LogP contribution in [0.15, 0.2) is 21.9 Å². The Bertz CT molecular complexity index is 754. The van der Waals surface area contributed by atoms with Crippen LogP contribution in [0.1, 0.15) is 6.23 Å². The quantitative estimate of drug-likeness (QED) is 0.527. The van der Waals surface area contributed by atoms with Crippen LogP contribution in [-0.2, 0) is 4.74 Å². The van der Waals surface area contributed by atoms with Crippen molar-refractivity contribution in [2.75, 3.05) is 0 Å². The first-order valence-electron chi connectivity index (χ1n) is 5.47. The molecule has 2 heterocycles. The van der Waals surface area contributed by atoms with Gasteiger partial charge in [0, 0.05) is 12.3 Å². The second-order valence-corrected chi connectivity index (χ2v) is 4.66. The minimum atomic E-state index is -3.18. The van der Waals surface area contributed by atoms with E-state index in [-0.39, 0.29) is 0 Å². The highest BCUT2D eigenvalue weighted by atomic mass is 19.2. The van der Waals surface area contributed by atoms with Gasteiger partial charge in [0.1, 0.15) is 0 Å². The van der Waals surface area contributed by atoms with Gasteiger partial charge in [-0.3, -0.25) is 14.3 Å². The monoisotopic (exact) mass is 286 g/mol. The third kappa shape index (κ3) is 1.10. The Labute approximate surface area is 109 Å². The maximum atomic E-state index is 14.7. The first-order chi connectivity index (χ1) is 9.22. The molecule has 7 nitrogen and oxygen atoms in total. The Morgan fingerprint density at radius 1 is 1.50 bits per heavy atom. The van der Waals surface area contributed by atoms with Gasteiger partial charge in [-0.05, 0) is 0 Å². The van der Waals surface area contributed by atoms with Gasteiger partial charge in [0.25, 0.3) is 17.1 Å². The van der Waals surface area contributed by atoms with E-state index in [1.54, 1.807) is 0 Å². The molecular formula is C11H8F2N2O5. The van der Waals surface area contributed by atoms with Crippen LogP contribution in [0.25, 0.3) is 0 Å². The highest BCUT2D eigenvalue weighted by Crippen LogP contribution is 2.68. The third-order valence-corrected chi connectivity index (χ3v) is 3.68. The van der Waals surface area contributed by atoms with Crippen molar-refractivity contribution in [3.63, 3.8) is 0 Å². The van der Waals surface area contributed by atoms with E-state index in [0.717, 1.165) is 12.3 Å². The normalized spacial score (nSPS) is 45.8. The van der Waals surface area contributed by atoms with Gasteiger partial charge in [0.15, 0.2) is 12.3 Å². The number of aliphatic hydroxyl groups is 2. The minimum Gasteiger partial charge on any atom is -0.384 e. The molecule has 20 heavy (non-hydrogen) atoms. The summed E-state index contributed by atoms with van der Waals surface area (Å²) in [6, 6.07) is 0.872. The molecule has 1 saturated heterocycles. The molecule has 0 aromatic carbocycles. The number of alkyl halides is 2. The van der Waals surface area contributed by atoms with E-state index in [9.17, 15) is 28.6 Å². The van der Waals surface area contributed by atoms with Crippen LogP contribution in [0.2, 0.25) is 0 Å². The van der Waals surface area contributed by atoms with E-state index >= 15 is 0 Å². The van der Waals surface area contributed by atoms with Gasteiger partial charge in [0.2, 0.25) is 5.60 Å². The van der Waals surface area contributed by atoms with Crippen LogP contribution in [0, 0.1) is 12.3 Å². The van der Waals surface area contributed by atoms with Crippen molar-refractivity contribution < 1.29 is 23.7 Å². The van der Waals surface area contributed by atoms with E-state index < -0.39 is 40.7 Å². The van der Waals surface area contributed by atoms with Crippen molar-refractivity contribution in [2.45, 2.75) is 29.5 Å². The lowest BCUT2D eigenvalue weighted by Gasteiger charge is -2.27. The highest BCUT2D eigenvalue weighted by molar-refractivity contribution is 5.42. The van der Waals surface area contributed by atoms with Gasteiger partial charge in [0.05, 0.1) is 0 Å². The zero-order chi connectivity index (χ0) is 14.9. The van der Waals surface area contributed by atoms with Crippen molar-refractivity contribution in [1.82, 2.24) is 9.55 Å². The van der Waals surface area contributed by atoms with Crippen LogP contribution < -0.4 is 11.2 Å². The summed E-state index contributed by atoms with van der Waals surface area (Å²) in [4.78, 5) is 24.3. The summed E-state index contributed by atoms with van der Waals surface area (Å²) in [6.07, 6.45) is 1.64. The topological polar surface area (TPSA) is 105 Å². The molecule has 1 aliphatic carbocycles. The van der Waals surface area contributed by atoms with E-state index in [4.69, 9.17) is 6.42 Å². The van der Waals surface area contributed by atoms with Gasteiger partial charge in [-0.25, -0.2) is 13.6 Å². The second-order valence-electron chi connectivity index (χ2n) is 4.66. The smallest absolute Gasteiger partial charge is 0.330 e. The maximum Gasteiger partial charge on any atom is 0.330 e. The molecule has 3 rings (SSSR count). The highest BCUT2D eigenvalue weighted by Gasteiger charge is 2.96. The number of aromatic amines is 1. The largest absolute Gasteiger partial charge is 0.384 e. The summed E-state index contributed by atoms with van der Waals surface area (Å²) in [5, 5.41) is 19.1. The molecule has 0 bridgehead atoms. The first-order valence-corrected chi connectivity index (χ1v) is 5.47. The Morgan fingerprint density at radius 2 is 2.15 bits per heavy atom. The fourth-order valence-corrected chi connectivity index (χ4v) is 2.46. The number of rotatable bonds is 1. The third-order valence-electron chi connectivity index (χ3n) is 3.68. The number of nitrogens with zero attached hydrogens (tertiary/aromatic N) is 1. The number of ether oxygens (including phenoxy) is 1. The summed E-state index contributed by atoms with van der Waals surface area (Å²) in [5.41, 5.74) is -7.99. The van der Waals surface area contributed by atoms with Gasteiger partial charge in [-0.2, -0.15) is 0 Å². The molecule has 1 unspecified atom stereocenters. The molecule has 0 amide bonds. The predicted molar refractivity (Wildman–Crippen MR) is 58.9 cm³/mol. The fourth-order valence-electron chi connectivity index (χ4n) is 2.46. The fraction of sp³-hybridized carbons (Fsp3) is 0.455. The maximum absolute atomic E-state index is 14.7. The second kappa shape index (κ2) is 3.35. The Kier molecular flexibility index (Phi) is 2.17. The zero-order valence-corrected chi connectivity index (χ0v) is 9.71. The molecule has 0 spiro atoms. The van der Waals surface area contributed by atoms with Crippen LogP contribution in [0.3, 0.4) is 0 Å². The molecule has 1 aromatic rings. The molecule has 9 heteroatoms. The number of aromatic nitrogens is 2. The summed E-state index contributed by atoms with van der Waals surface area (Å²) in [6.45, 7) is 0. The number of hydrogen-bond acceptors (Lipinski definition) is 5. The molecule has 0 radical (unpaired) electrons. The lowest BCUT2D eigenvalue weighted by Crippen LogP contribution is -2.49. The van der Waals surface area contributed by atoms with Gasteiger partial charge in [-0.15, -0.1) is 6.42 Å². The number of aliphatic hydroxyl groups excluding tert-OH is 1. The zero-order valence-electron chi connectivity index (χ0n) is 9.71. The molecule has 2 fully saturated rings. The van der Waals surface area contributed by atoms with E-state index in [2.05, 4.69) is 4.74 Å². The van der Waals surface area contributed by atoms with E-state index in [1.165, 1.54) is 5.92 Å². The van der Waals surface area contributed by atoms with Crippen molar-refractivity contribution in [2.24, 2.45) is 0 Å². The number of hydrogen-bond donors (Lipinski definition) is 3. The molecule has 1 saturated carbocycles. The van der Waals surface area contributed by atoms with Crippen molar-refractivity contribution >= 4 is 0 Å². The Hall–Kier alpha value is -2.02. The number of H-pyrrole nitrogens is 1. The van der Waals surface area contributed by atoms with Crippen LogP contribution in [0.4, 0.5) is 8.78 Å². The number of terminal acetylenes is 1. The summed E-state index contributed by atoms with van der Waals surface area (Å²) >= 11 is 0. The molecule has 5 atom stereocenters. The minimum absolute atomic E-state index is 0.499. The average molecular weight is 286 g/mol. The Morgan fingerprint density at radius 3 is 2.70 bits per heavy atom. The SMILES string of the molecule is C#C[C@]1(F)[C@H](n2ccc(=O)[nH]c2=O)O[C@]2(F)C(O)[C@@]21O. The van der Waals surface area contributed by atoms with Gasteiger partial charge in [-0.1, -0.05) is 5.92 Å². The molecule has 106 valence electrons. The lowest BCUT2D eigenvalue weighted by atomic mass is 9.96. The van der Waals surface area contributed by atoms with Crippen LogP contribution >= 0.6 is 0 Å². The summed E-state index contributed by atoms with van der Waals surface area (Å²) in [5.74, 6) is -1.58. The lowest BCUT2D eigenvalue weighted by molar-refractivity contribution is -0.155. The van der Waals surface area contributed by atoms with Crippen molar-refractivity contribution in [3.05, 3.63) is 33.1 Å². The van der Waals surface area contributed by atoms with Crippen molar-refractivity contribution in [3.8, 4) is 12.3 Å². The number of fused-ring (bicyclic) bond motifs is 1. The van der Waals surface area contributed by atoms with Gasteiger partial charge < -0.3 is 14.9 Å². The van der Waals surface area contributed by atoms with Crippen molar-refractivity contribution in [1.29, 1.82) is 0 Å². The van der Waals surface area contributed by atoms with Gasteiger partial charge >= 0.3 is 5.69 Å². The first kappa shape index (κ1) is 13.0.